The van der Waals surface area contributed by atoms with Crippen LogP contribution in [-0.4, -0.2) is 18.2 Å². The van der Waals surface area contributed by atoms with Gasteiger partial charge in [-0.25, -0.2) is 0 Å². The molecule has 1 aromatic heterocycles. The van der Waals surface area contributed by atoms with Gasteiger partial charge in [0.05, 0.1) is 0 Å². The van der Waals surface area contributed by atoms with E-state index in [1.807, 2.05) is 6.92 Å². The molecule has 0 unspecified atom stereocenters. The summed E-state index contributed by atoms with van der Waals surface area (Å²) >= 11 is 0. The highest BCUT2D eigenvalue weighted by molar-refractivity contribution is 6.14. The SMILES string of the molecule is CCCC(=O)Nc1c(C(=O)Nc2ccc(OC(F)(F)F)cc2)oc2ccccc12. The second-order valence-electron chi connectivity index (χ2n) is 6.13. The second kappa shape index (κ2) is 8.26. The molecule has 0 bridgehead atoms. The van der Waals surface area contributed by atoms with Gasteiger partial charge in [-0.15, -0.1) is 13.2 Å². The summed E-state index contributed by atoms with van der Waals surface area (Å²) in [6, 6.07) is 11.5. The Bertz CT molecular complexity index is 1030. The Kier molecular flexibility index (Phi) is 5.76. The third kappa shape index (κ3) is 5.07. The highest BCUT2D eigenvalue weighted by Crippen LogP contribution is 2.32. The van der Waals surface area contributed by atoms with Crippen LogP contribution in [-0.2, 0) is 4.79 Å². The summed E-state index contributed by atoms with van der Waals surface area (Å²) in [5.74, 6) is -1.43. The van der Waals surface area contributed by atoms with Gasteiger partial charge in [0.2, 0.25) is 11.7 Å². The molecular formula is C20H17F3N2O4. The van der Waals surface area contributed by atoms with E-state index >= 15 is 0 Å². The number of carbonyl (C=O) groups excluding carboxylic acids is 2. The fourth-order valence-electron chi connectivity index (χ4n) is 2.69. The van der Waals surface area contributed by atoms with Gasteiger partial charge in [0.1, 0.15) is 17.0 Å². The highest BCUT2D eigenvalue weighted by Gasteiger charge is 2.31. The van der Waals surface area contributed by atoms with Crippen LogP contribution in [0.15, 0.2) is 52.9 Å². The van der Waals surface area contributed by atoms with Crippen LogP contribution in [0.4, 0.5) is 24.5 Å². The van der Waals surface area contributed by atoms with E-state index in [-0.39, 0.29) is 29.5 Å². The Labute approximate surface area is 163 Å². The molecule has 0 spiro atoms. The predicted molar refractivity (Wildman–Crippen MR) is 101 cm³/mol. The maximum Gasteiger partial charge on any atom is 0.573 e. The first kappa shape index (κ1) is 20.2. The summed E-state index contributed by atoms with van der Waals surface area (Å²) in [6.45, 7) is 1.85. The fraction of sp³-hybridized carbons (Fsp3) is 0.200. The third-order valence-electron chi connectivity index (χ3n) is 3.89. The largest absolute Gasteiger partial charge is 0.573 e. The first-order valence-corrected chi connectivity index (χ1v) is 8.75. The number of anilines is 2. The Morgan fingerprint density at radius 2 is 1.72 bits per heavy atom. The maximum absolute atomic E-state index is 12.7. The number of amides is 2. The number of rotatable bonds is 6. The number of para-hydroxylation sites is 1. The topological polar surface area (TPSA) is 80.6 Å². The van der Waals surface area contributed by atoms with Gasteiger partial charge in [-0.3, -0.25) is 9.59 Å². The summed E-state index contributed by atoms with van der Waals surface area (Å²) in [4.78, 5) is 24.7. The van der Waals surface area contributed by atoms with Gasteiger partial charge in [0.25, 0.3) is 5.91 Å². The summed E-state index contributed by atoms with van der Waals surface area (Å²) in [5.41, 5.74) is 0.891. The molecule has 0 saturated carbocycles. The van der Waals surface area contributed by atoms with E-state index in [1.165, 1.54) is 12.1 Å². The van der Waals surface area contributed by atoms with Crippen LogP contribution in [0.1, 0.15) is 30.3 Å². The molecule has 0 atom stereocenters. The molecule has 0 saturated heterocycles. The molecule has 0 aliphatic heterocycles. The minimum atomic E-state index is -4.80. The minimum absolute atomic E-state index is 0.105. The van der Waals surface area contributed by atoms with E-state index in [1.54, 1.807) is 24.3 Å². The van der Waals surface area contributed by atoms with Crippen molar-refractivity contribution < 1.29 is 31.9 Å². The lowest BCUT2D eigenvalue weighted by atomic mass is 10.2. The highest BCUT2D eigenvalue weighted by atomic mass is 19.4. The number of furan rings is 1. The molecule has 29 heavy (non-hydrogen) atoms. The van der Waals surface area contributed by atoms with Crippen molar-refractivity contribution in [2.24, 2.45) is 0 Å². The lowest BCUT2D eigenvalue weighted by molar-refractivity contribution is -0.274. The van der Waals surface area contributed by atoms with Crippen LogP contribution in [0.25, 0.3) is 11.0 Å². The van der Waals surface area contributed by atoms with Crippen LogP contribution in [0.2, 0.25) is 0 Å². The first-order valence-electron chi connectivity index (χ1n) is 8.75. The van der Waals surface area contributed by atoms with E-state index in [0.29, 0.717) is 17.4 Å². The molecule has 6 nitrogen and oxygen atoms in total. The zero-order valence-electron chi connectivity index (χ0n) is 15.3. The average molecular weight is 406 g/mol. The van der Waals surface area contributed by atoms with Crippen LogP contribution in [0.3, 0.4) is 0 Å². The summed E-state index contributed by atoms with van der Waals surface area (Å²) in [5, 5.41) is 5.80. The van der Waals surface area contributed by atoms with E-state index in [0.717, 1.165) is 12.1 Å². The van der Waals surface area contributed by atoms with Crippen molar-refractivity contribution >= 4 is 34.2 Å². The van der Waals surface area contributed by atoms with Crippen molar-refractivity contribution in [3.8, 4) is 5.75 Å². The third-order valence-corrected chi connectivity index (χ3v) is 3.89. The summed E-state index contributed by atoms with van der Waals surface area (Å²) < 4.78 is 46.1. The van der Waals surface area contributed by atoms with Crippen molar-refractivity contribution in [1.82, 2.24) is 0 Å². The van der Waals surface area contributed by atoms with Crippen LogP contribution >= 0.6 is 0 Å². The summed E-state index contributed by atoms with van der Waals surface area (Å²) in [7, 11) is 0. The molecule has 0 aliphatic rings. The second-order valence-corrected chi connectivity index (χ2v) is 6.13. The molecule has 0 fully saturated rings. The van der Waals surface area contributed by atoms with Crippen molar-refractivity contribution in [3.63, 3.8) is 0 Å². The Hall–Kier alpha value is -3.49. The number of fused-ring (bicyclic) bond motifs is 1. The molecule has 0 aliphatic carbocycles. The molecule has 3 aromatic rings. The van der Waals surface area contributed by atoms with Crippen LogP contribution in [0.5, 0.6) is 5.75 Å². The Morgan fingerprint density at radius 1 is 1.03 bits per heavy atom. The standard InChI is InChI=1S/C20H17F3N2O4/c1-2-5-16(26)25-17-14-6-3-4-7-15(14)28-18(17)19(27)24-12-8-10-13(11-9-12)29-20(21,22)23/h3-4,6-11H,2,5H2,1H3,(H,24,27)(H,25,26). The molecule has 3 rings (SSSR count). The van der Waals surface area contributed by atoms with Crippen molar-refractivity contribution in [2.75, 3.05) is 10.6 Å². The van der Waals surface area contributed by atoms with E-state index in [9.17, 15) is 22.8 Å². The normalized spacial score (nSPS) is 11.3. The first-order chi connectivity index (χ1) is 13.8. The van der Waals surface area contributed by atoms with Gasteiger partial charge >= 0.3 is 6.36 Å². The Balaban J connectivity index is 1.84. The predicted octanol–water partition coefficient (Wildman–Crippen LogP) is 5.32. The monoisotopic (exact) mass is 406 g/mol. The van der Waals surface area contributed by atoms with Gasteiger partial charge < -0.3 is 19.8 Å². The van der Waals surface area contributed by atoms with Crippen LogP contribution in [0, 0.1) is 0 Å². The zero-order valence-corrected chi connectivity index (χ0v) is 15.3. The van der Waals surface area contributed by atoms with Gasteiger partial charge in [-0.05, 0) is 42.8 Å². The molecular weight excluding hydrogens is 389 g/mol. The summed E-state index contributed by atoms with van der Waals surface area (Å²) in [6.07, 6.45) is -3.89. The van der Waals surface area contributed by atoms with Gasteiger partial charge in [-0.2, -0.15) is 0 Å². The van der Waals surface area contributed by atoms with E-state index in [2.05, 4.69) is 15.4 Å². The number of hydrogen-bond acceptors (Lipinski definition) is 4. The van der Waals surface area contributed by atoms with E-state index in [4.69, 9.17) is 4.42 Å². The molecule has 152 valence electrons. The molecule has 0 radical (unpaired) electrons. The quantitative estimate of drug-likeness (QED) is 0.580. The Morgan fingerprint density at radius 3 is 2.38 bits per heavy atom. The number of halogens is 3. The number of carbonyl (C=O) groups is 2. The number of hydrogen-bond donors (Lipinski definition) is 2. The van der Waals surface area contributed by atoms with Crippen molar-refractivity contribution in [1.29, 1.82) is 0 Å². The molecule has 1 heterocycles. The fourth-order valence-corrected chi connectivity index (χ4v) is 2.69. The molecule has 2 N–H and O–H groups in total. The van der Waals surface area contributed by atoms with Crippen LogP contribution < -0.4 is 15.4 Å². The molecule has 2 aromatic carbocycles. The van der Waals surface area contributed by atoms with Crippen molar-refractivity contribution in [2.45, 2.75) is 26.1 Å². The number of alkyl halides is 3. The lowest BCUT2D eigenvalue weighted by Gasteiger charge is -2.10. The molecule has 9 heteroatoms. The number of ether oxygens (including phenoxy) is 1. The number of nitrogens with one attached hydrogen (secondary N) is 2. The van der Waals surface area contributed by atoms with Gasteiger partial charge in [0.15, 0.2) is 0 Å². The molecule has 2 amide bonds. The maximum atomic E-state index is 12.7. The van der Waals surface area contributed by atoms with Gasteiger partial charge in [0, 0.05) is 17.5 Å². The lowest BCUT2D eigenvalue weighted by Crippen LogP contribution is -2.17. The van der Waals surface area contributed by atoms with Gasteiger partial charge in [-0.1, -0.05) is 19.1 Å². The van der Waals surface area contributed by atoms with Crippen molar-refractivity contribution in [3.05, 3.63) is 54.3 Å². The average Bonchev–Trinajstić information content (AvgIpc) is 3.01. The minimum Gasteiger partial charge on any atom is -0.449 e. The zero-order chi connectivity index (χ0) is 21.0. The van der Waals surface area contributed by atoms with E-state index < -0.39 is 18.0 Å². The smallest absolute Gasteiger partial charge is 0.449 e. The number of benzene rings is 2.